The average molecular weight is 325 g/mol. The average Bonchev–Trinajstić information content (AvgIpc) is 2.93. The molecular formula is C16H14Cl2OS. The van der Waals surface area contributed by atoms with Gasteiger partial charge in [0, 0.05) is 33.5 Å². The van der Waals surface area contributed by atoms with Gasteiger partial charge in [0.05, 0.1) is 6.61 Å². The molecule has 0 bridgehead atoms. The molecule has 104 valence electrons. The van der Waals surface area contributed by atoms with Crippen LogP contribution in [0.25, 0.3) is 0 Å². The topological polar surface area (TPSA) is 9.23 Å². The summed E-state index contributed by atoms with van der Waals surface area (Å²) in [6.45, 7) is 0.762. The van der Waals surface area contributed by atoms with E-state index in [2.05, 4.69) is 24.3 Å². The first-order valence-corrected chi connectivity index (χ1v) is 8.38. The summed E-state index contributed by atoms with van der Waals surface area (Å²) in [7, 11) is 0. The predicted molar refractivity (Wildman–Crippen MR) is 86.2 cm³/mol. The zero-order valence-electron chi connectivity index (χ0n) is 10.9. The molecule has 0 radical (unpaired) electrons. The fraction of sp³-hybridized carbons (Fsp3) is 0.250. The van der Waals surface area contributed by atoms with Gasteiger partial charge in [-0.1, -0.05) is 23.7 Å². The van der Waals surface area contributed by atoms with Crippen LogP contribution >= 0.6 is 35.0 Å². The minimum absolute atomic E-state index is 0.556. The number of ether oxygens (including phenoxy) is 1. The maximum absolute atomic E-state index is 6.17. The maximum Gasteiger partial charge on any atom is 0.126 e. The molecule has 1 nitrogen and oxygen atoms in total. The van der Waals surface area contributed by atoms with E-state index < -0.39 is 0 Å². The lowest BCUT2D eigenvalue weighted by Gasteiger charge is -2.09. The van der Waals surface area contributed by atoms with Crippen LogP contribution in [0.5, 0.6) is 5.75 Å². The van der Waals surface area contributed by atoms with Crippen molar-refractivity contribution in [2.45, 2.75) is 22.9 Å². The molecule has 0 N–H and O–H groups in total. The van der Waals surface area contributed by atoms with Crippen LogP contribution in [0.1, 0.15) is 16.7 Å². The van der Waals surface area contributed by atoms with Gasteiger partial charge >= 0.3 is 0 Å². The third-order valence-electron chi connectivity index (χ3n) is 3.30. The molecule has 1 heterocycles. The van der Waals surface area contributed by atoms with E-state index in [0.29, 0.717) is 5.88 Å². The molecule has 1 aliphatic rings. The number of alkyl halides is 1. The first-order valence-electron chi connectivity index (χ1n) is 6.48. The highest BCUT2D eigenvalue weighted by atomic mass is 35.5. The first kappa shape index (κ1) is 14.1. The lowest BCUT2D eigenvalue weighted by molar-refractivity contribution is 0.354. The molecule has 0 amide bonds. The largest absolute Gasteiger partial charge is 0.493 e. The van der Waals surface area contributed by atoms with Crippen LogP contribution in [0.3, 0.4) is 0 Å². The quantitative estimate of drug-likeness (QED) is 0.557. The Balaban J connectivity index is 1.75. The zero-order valence-corrected chi connectivity index (χ0v) is 13.2. The molecule has 0 saturated heterocycles. The molecule has 0 aliphatic carbocycles. The van der Waals surface area contributed by atoms with Crippen LogP contribution < -0.4 is 4.74 Å². The Labute approximate surface area is 133 Å². The number of benzene rings is 2. The summed E-state index contributed by atoms with van der Waals surface area (Å²) in [5, 5.41) is 0.794. The molecule has 0 fully saturated rings. The summed E-state index contributed by atoms with van der Waals surface area (Å²) in [6, 6.07) is 12.4. The van der Waals surface area contributed by atoms with Gasteiger partial charge in [0.15, 0.2) is 0 Å². The number of halogens is 2. The van der Waals surface area contributed by atoms with Crippen molar-refractivity contribution in [1.82, 2.24) is 0 Å². The molecule has 1 aliphatic heterocycles. The smallest absolute Gasteiger partial charge is 0.126 e. The van der Waals surface area contributed by atoms with Crippen molar-refractivity contribution in [3.05, 3.63) is 58.1 Å². The van der Waals surface area contributed by atoms with Gasteiger partial charge in [-0.25, -0.2) is 0 Å². The Morgan fingerprint density at radius 1 is 1.15 bits per heavy atom. The Kier molecular flexibility index (Phi) is 4.45. The maximum atomic E-state index is 6.17. The van der Waals surface area contributed by atoms with Crippen molar-refractivity contribution < 1.29 is 4.74 Å². The van der Waals surface area contributed by atoms with E-state index in [0.717, 1.165) is 35.1 Å². The summed E-state index contributed by atoms with van der Waals surface area (Å²) < 4.78 is 5.72. The van der Waals surface area contributed by atoms with Crippen molar-refractivity contribution in [3.8, 4) is 5.75 Å². The Bertz CT molecular complexity index is 611. The van der Waals surface area contributed by atoms with Gasteiger partial charge in [-0.3, -0.25) is 0 Å². The van der Waals surface area contributed by atoms with Gasteiger partial charge in [0.2, 0.25) is 0 Å². The van der Waals surface area contributed by atoms with Crippen molar-refractivity contribution >= 4 is 35.0 Å². The van der Waals surface area contributed by atoms with Gasteiger partial charge in [0.1, 0.15) is 5.75 Å². The van der Waals surface area contributed by atoms with E-state index in [4.69, 9.17) is 27.9 Å². The number of rotatable bonds is 4. The van der Waals surface area contributed by atoms with E-state index in [9.17, 15) is 0 Å². The first-order chi connectivity index (χ1) is 9.76. The van der Waals surface area contributed by atoms with Crippen LogP contribution in [0.4, 0.5) is 0 Å². The lowest BCUT2D eigenvalue weighted by Crippen LogP contribution is -1.91. The summed E-state index contributed by atoms with van der Waals surface area (Å²) in [4.78, 5) is 1.23. The van der Waals surface area contributed by atoms with E-state index in [-0.39, 0.29) is 0 Å². The normalized spacial score (nSPS) is 13.1. The van der Waals surface area contributed by atoms with Crippen LogP contribution in [-0.4, -0.2) is 6.61 Å². The van der Waals surface area contributed by atoms with E-state index in [1.807, 2.05) is 12.1 Å². The van der Waals surface area contributed by atoms with Crippen LogP contribution in [0.2, 0.25) is 5.02 Å². The molecule has 20 heavy (non-hydrogen) atoms. The highest BCUT2D eigenvalue weighted by Crippen LogP contribution is 2.36. The van der Waals surface area contributed by atoms with Gasteiger partial charge in [-0.05, 0) is 35.4 Å². The predicted octanol–water partition coefficient (Wildman–Crippen LogP) is 5.31. The molecular weight excluding hydrogens is 311 g/mol. The number of thioether (sulfide) groups is 1. The molecule has 3 rings (SSSR count). The molecule has 4 heteroatoms. The molecule has 0 unspecified atom stereocenters. The van der Waals surface area contributed by atoms with Gasteiger partial charge in [0.25, 0.3) is 0 Å². The van der Waals surface area contributed by atoms with Crippen LogP contribution in [0, 0.1) is 0 Å². The Morgan fingerprint density at radius 3 is 2.70 bits per heavy atom. The van der Waals surface area contributed by atoms with Gasteiger partial charge in [-0.15, -0.1) is 23.4 Å². The second-order valence-electron chi connectivity index (χ2n) is 4.72. The monoisotopic (exact) mass is 324 g/mol. The van der Waals surface area contributed by atoms with Crippen LogP contribution in [-0.2, 0) is 18.1 Å². The fourth-order valence-corrected chi connectivity index (χ4v) is 3.60. The molecule has 2 aromatic carbocycles. The second kappa shape index (κ2) is 6.30. The Hall–Kier alpha value is -0.830. The van der Waals surface area contributed by atoms with Crippen molar-refractivity contribution in [3.63, 3.8) is 0 Å². The third kappa shape index (κ3) is 3.08. The fourth-order valence-electron chi connectivity index (χ4n) is 2.29. The lowest BCUT2D eigenvalue weighted by atomic mass is 10.1. The second-order valence-corrected chi connectivity index (χ2v) is 6.47. The van der Waals surface area contributed by atoms with E-state index >= 15 is 0 Å². The minimum atomic E-state index is 0.556. The third-order valence-corrected chi connectivity index (χ3v) is 4.88. The molecule has 0 spiro atoms. The standard InChI is InChI=1S/C16H14Cl2OS/c17-9-11-1-3-15(4-2-11)20-10-13-8-14(18)7-12-5-6-19-16(12)13/h1-4,7-8H,5-6,9-10H2. The minimum Gasteiger partial charge on any atom is -0.493 e. The Morgan fingerprint density at radius 2 is 1.95 bits per heavy atom. The molecule has 0 aromatic heterocycles. The van der Waals surface area contributed by atoms with E-state index in [1.54, 1.807) is 11.8 Å². The highest BCUT2D eigenvalue weighted by Gasteiger charge is 2.17. The zero-order chi connectivity index (χ0) is 13.9. The number of hydrogen-bond donors (Lipinski definition) is 0. The summed E-state index contributed by atoms with van der Waals surface area (Å²) >= 11 is 13.8. The van der Waals surface area contributed by atoms with E-state index in [1.165, 1.54) is 16.0 Å². The SMILES string of the molecule is ClCc1ccc(SCc2cc(Cl)cc3c2OCC3)cc1. The van der Waals surface area contributed by atoms with Crippen molar-refractivity contribution in [2.75, 3.05) is 6.61 Å². The van der Waals surface area contributed by atoms with Crippen molar-refractivity contribution in [2.24, 2.45) is 0 Å². The van der Waals surface area contributed by atoms with Gasteiger partial charge in [-0.2, -0.15) is 0 Å². The number of hydrogen-bond acceptors (Lipinski definition) is 2. The highest BCUT2D eigenvalue weighted by molar-refractivity contribution is 7.98. The van der Waals surface area contributed by atoms with Gasteiger partial charge < -0.3 is 4.74 Å². The molecule has 0 saturated carbocycles. The van der Waals surface area contributed by atoms with Crippen molar-refractivity contribution in [1.29, 1.82) is 0 Å². The molecule has 0 atom stereocenters. The summed E-state index contributed by atoms with van der Waals surface area (Å²) in [5.74, 6) is 2.45. The van der Waals surface area contributed by atoms with Crippen LogP contribution in [0.15, 0.2) is 41.3 Å². The number of fused-ring (bicyclic) bond motifs is 1. The molecule has 2 aromatic rings. The summed E-state index contributed by atoms with van der Waals surface area (Å²) in [6.07, 6.45) is 0.956. The summed E-state index contributed by atoms with van der Waals surface area (Å²) in [5.41, 5.74) is 3.55.